The minimum Gasteiger partial charge on any atom is -0.497 e. The smallest absolute Gasteiger partial charge is 0.119 e. The van der Waals surface area contributed by atoms with Crippen LogP contribution in [0.4, 0.5) is 17.1 Å². The maximum Gasteiger partial charge on any atom is 0.119 e. The van der Waals surface area contributed by atoms with E-state index in [2.05, 4.69) is 94.8 Å². The van der Waals surface area contributed by atoms with Crippen LogP contribution in [0.1, 0.15) is 0 Å². The van der Waals surface area contributed by atoms with Crippen LogP contribution in [0.25, 0.3) is 22.2 Å². The lowest BCUT2D eigenvalue weighted by Gasteiger charge is -2.33. The topological polar surface area (TPSA) is 28.3 Å². The van der Waals surface area contributed by atoms with Gasteiger partial charge in [0.25, 0.3) is 0 Å². The van der Waals surface area contributed by atoms with E-state index >= 15 is 0 Å². The molecule has 0 amide bonds. The molecule has 1 aromatic heterocycles. The van der Waals surface area contributed by atoms with Crippen molar-refractivity contribution in [1.29, 1.82) is 0 Å². The SMILES string of the molecule is COc1cccc(-c2[nH]c3ccccc3c2N2c3ccccc3Sc3ccccc32)c1. The summed E-state index contributed by atoms with van der Waals surface area (Å²) >= 11 is 1.82. The van der Waals surface area contributed by atoms with Crippen LogP contribution >= 0.6 is 11.8 Å². The molecular weight excluding hydrogens is 400 g/mol. The van der Waals surface area contributed by atoms with Gasteiger partial charge < -0.3 is 14.6 Å². The monoisotopic (exact) mass is 420 g/mol. The number of ether oxygens (including phenoxy) is 1. The first-order valence-corrected chi connectivity index (χ1v) is 11.1. The van der Waals surface area contributed by atoms with Gasteiger partial charge in [-0.25, -0.2) is 0 Å². The molecule has 1 aliphatic rings. The number of anilines is 3. The number of hydrogen-bond acceptors (Lipinski definition) is 3. The number of benzene rings is 4. The predicted molar refractivity (Wildman–Crippen MR) is 129 cm³/mol. The number of nitrogens with one attached hydrogen (secondary N) is 1. The summed E-state index contributed by atoms with van der Waals surface area (Å²) in [7, 11) is 1.71. The van der Waals surface area contributed by atoms with Crippen LogP contribution in [-0.2, 0) is 0 Å². The Balaban J connectivity index is 1.69. The van der Waals surface area contributed by atoms with E-state index in [1.165, 1.54) is 26.6 Å². The van der Waals surface area contributed by atoms with Gasteiger partial charge in [-0.2, -0.15) is 0 Å². The van der Waals surface area contributed by atoms with Crippen molar-refractivity contribution in [2.24, 2.45) is 0 Å². The molecule has 3 nitrogen and oxygen atoms in total. The first-order valence-electron chi connectivity index (χ1n) is 10.2. The fourth-order valence-electron chi connectivity index (χ4n) is 4.29. The summed E-state index contributed by atoms with van der Waals surface area (Å²) in [4.78, 5) is 8.59. The van der Waals surface area contributed by atoms with E-state index < -0.39 is 0 Å². The minimum absolute atomic E-state index is 0.845. The van der Waals surface area contributed by atoms with E-state index in [-0.39, 0.29) is 0 Å². The lowest BCUT2D eigenvalue weighted by Crippen LogP contribution is -2.15. The van der Waals surface area contributed by atoms with Crippen LogP contribution in [0.3, 0.4) is 0 Å². The van der Waals surface area contributed by atoms with Crippen molar-refractivity contribution in [3.8, 4) is 17.0 Å². The number of rotatable bonds is 3. The second-order valence-corrected chi connectivity index (χ2v) is 8.58. The summed E-state index contributed by atoms with van der Waals surface area (Å²) in [6, 6.07) is 34.0. The van der Waals surface area contributed by atoms with Crippen molar-refractivity contribution in [3.05, 3.63) is 97.1 Å². The van der Waals surface area contributed by atoms with Crippen LogP contribution in [-0.4, -0.2) is 12.1 Å². The highest BCUT2D eigenvalue weighted by molar-refractivity contribution is 7.99. The van der Waals surface area contributed by atoms with Crippen molar-refractivity contribution < 1.29 is 4.74 Å². The van der Waals surface area contributed by atoms with Gasteiger partial charge in [-0.3, -0.25) is 0 Å². The summed E-state index contributed by atoms with van der Waals surface area (Å²) in [5.41, 5.74) is 6.84. The van der Waals surface area contributed by atoms with E-state index in [0.717, 1.165) is 28.2 Å². The molecule has 31 heavy (non-hydrogen) atoms. The first kappa shape index (κ1) is 18.2. The third-order valence-electron chi connectivity index (χ3n) is 5.69. The Labute approximate surface area is 185 Å². The lowest BCUT2D eigenvalue weighted by molar-refractivity contribution is 0.415. The molecule has 0 atom stereocenters. The Morgan fingerprint density at radius 1 is 0.742 bits per heavy atom. The molecule has 5 aromatic rings. The number of nitrogens with zero attached hydrogens (tertiary/aromatic N) is 1. The number of para-hydroxylation sites is 3. The third-order valence-corrected chi connectivity index (χ3v) is 6.82. The van der Waals surface area contributed by atoms with Crippen LogP contribution in [0.2, 0.25) is 0 Å². The summed E-state index contributed by atoms with van der Waals surface area (Å²) in [5, 5.41) is 1.19. The van der Waals surface area contributed by atoms with Crippen molar-refractivity contribution in [3.63, 3.8) is 0 Å². The normalized spacial score (nSPS) is 12.5. The molecule has 0 aliphatic carbocycles. The maximum absolute atomic E-state index is 5.52. The predicted octanol–water partition coefficient (Wildman–Crippen LogP) is 7.78. The molecule has 0 unspecified atom stereocenters. The standard InChI is InChI=1S/C27H20N2OS/c1-30-19-10-8-9-18(17-19)26-27(20-11-2-3-12-21(20)28-26)29-22-13-4-6-15-24(22)31-25-16-7-5-14-23(25)29/h2-17,28H,1H3. The highest BCUT2D eigenvalue weighted by Gasteiger charge is 2.28. The first-order chi connectivity index (χ1) is 15.3. The molecule has 0 bridgehead atoms. The molecule has 4 aromatic carbocycles. The van der Waals surface area contributed by atoms with Crippen LogP contribution in [0.15, 0.2) is 107 Å². The third kappa shape index (κ3) is 2.91. The highest BCUT2D eigenvalue weighted by Crippen LogP contribution is 2.54. The Hall–Kier alpha value is -3.63. The lowest BCUT2D eigenvalue weighted by atomic mass is 10.1. The van der Waals surface area contributed by atoms with E-state index in [4.69, 9.17) is 4.74 Å². The largest absolute Gasteiger partial charge is 0.497 e. The summed E-state index contributed by atoms with van der Waals surface area (Å²) in [5.74, 6) is 0.845. The highest BCUT2D eigenvalue weighted by atomic mass is 32.2. The molecule has 2 heterocycles. The van der Waals surface area contributed by atoms with Gasteiger partial charge in [-0.05, 0) is 42.5 Å². The van der Waals surface area contributed by atoms with Gasteiger partial charge in [0, 0.05) is 26.3 Å². The maximum atomic E-state index is 5.52. The Morgan fingerprint density at radius 3 is 2.16 bits per heavy atom. The van der Waals surface area contributed by atoms with Crippen LogP contribution in [0.5, 0.6) is 5.75 Å². The van der Waals surface area contributed by atoms with Crippen molar-refractivity contribution >= 4 is 39.7 Å². The molecular formula is C27H20N2OS. The average molecular weight is 421 g/mol. The van der Waals surface area contributed by atoms with Crippen LogP contribution in [0, 0.1) is 0 Å². The summed E-state index contributed by atoms with van der Waals surface area (Å²) in [6.45, 7) is 0. The number of hydrogen-bond donors (Lipinski definition) is 1. The van der Waals surface area contributed by atoms with Gasteiger partial charge in [-0.1, -0.05) is 66.4 Å². The summed E-state index contributed by atoms with van der Waals surface area (Å²) in [6.07, 6.45) is 0. The molecule has 0 saturated carbocycles. The van der Waals surface area contributed by atoms with Crippen LogP contribution < -0.4 is 9.64 Å². The zero-order valence-electron chi connectivity index (χ0n) is 17.0. The van der Waals surface area contributed by atoms with Gasteiger partial charge >= 0.3 is 0 Å². The molecule has 150 valence electrons. The average Bonchev–Trinajstić information content (AvgIpc) is 3.22. The number of methoxy groups -OCH3 is 1. The second kappa shape index (κ2) is 7.25. The van der Waals surface area contributed by atoms with Gasteiger partial charge in [0.1, 0.15) is 5.75 Å². The number of aromatic amines is 1. The zero-order chi connectivity index (χ0) is 20.8. The number of aromatic nitrogens is 1. The fraction of sp³-hybridized carbons (Fsp3) is 0.0370. The molecule has 4 heteroatoms. The Bertz CT molecular complexity index is 1380. The number of fused-ring (bicyclic) bond motifs is 3. The fourth-order valence-corrected chi connectivity index (χ4v) is 5.35. The molecule has 1 aliphatic heterocycles. The van der Waals surface area contributed by atoms with E-state index in [0.29, 0.717) is 0 Å². The van der Waals surface area contributed by atoms with E-state index in [1.54, 1.807) is 7.11 Å². The van der Waals surface area contributed by atoms with E-state index in [9.17, 15) is 0 Å². The molecule has 6 rings (SSSR count). The van der Waals surface area contributed by atoms with Crippen molar-refractivity contribution in [1.82, 2.24) is 4.98 Å². The van der Waals surface area contributed by atoms with Gasteiger partial charge in [0.15, 0.2) is 0 Å². The quantitative estimate of drug-likeness (QED) is 0.317. The molecule has 0 spiro atoms. The molecule has 0 radical (unpaired) electrons. The number of H-pyrrole nitrogens is 1. The Kier molecular flexibility index (Phi) is 4.25. The second-order valence-electron chi connectivity index (χ2n) is 7.50. The zero-order valence-corrected chi connectivity index (χ0v) is 17.8. The summed E-state index contributed by atoms with van der Waals surface area (Å²) < 4.78 is 5.52. The molecule has 0 fully saturated rings. The molecule has 0 saturated heterocycles. The van der Waals surface area contributed by atoms with Gasteiger partial charge in [-0.15, -0.1) is 0 Å². The van der Waals surface area contributed by atoms with Gasteiger partial charge in [0.2, 0.25) is 0 Å². The van der Waals surface area contributed by atoms with E-state index in [1.807, 2.05) is 23.9 Å². The Morgan fingerprint density at radius 2 is 1.42 bits per heavy atom. The van der Waals surface area contributed by atoms with Crippen molar-refractivity contribution in [2.75, 3.05) is 12.0 Å². The molecule has 1 N–H and O–H groups in total. The van der Waals surface area contributed by atoms with Crippen molar-refractivity contribution in [2.45, 2.75) is 9.79 Å². The minimum atomic E-state index is 0.845. The van der Waals surface area contributed by atoms with Gasteiger partial charge in [0.05, 0.1) is 29.9 Å².